The molecule has 0 aliphatic carbocycles. The van der Waals surface area contributed by atoms with Crippen LogP contribution in [-0.2, 0) is 9.47 Å². The number of hydrogen-bond acceptors (Lipinski definition) is 3. The Bertz CT molecular complexity index is 774. The Balaban J connectivity index is 1.74. The average Bonchev–Trinajstić information content (AvgIpc) is 2.60. The molecule has 0 radical (unpaired) electrons. The lowest BCUT2D eigenvalue weighted by atomic mass is 10.0. The maximum Gasteiger partial charge on any atom is 0.319 e. The van der Waals surface area contributed by atoms with E-state index in [0.29, 0.717) is 6.61 Å². The normalized spacial score (nSPS) is 21.8. The molecule has 2 aromatic carbocycles. The van der Waals surface area contributed by atoms with Crippen LogP contribution in [0.1, 0.15) is 36.6 Å². The van der Waals surface area contributed by atoms with Crippen LogP contribution in [0.2, 0.25) is 0 Å². The number of carbonyl (C=O) groups is 1. The van der Waals surface area contributed by atoms with Gasteiger partial charge in [-0.3, -0.25) is 0 Å². The molecular formula is C21H26N2O3. The Hall–Kier alpha value is -2.37. The number of nitrogens with one attached hydrogen (secondary N) is 2. The Labute approximate surface area is 154 Å². The van der Waals surface area contributed by atoms with Crippen molar-refractivity contribution in [2.45, 2.75) is 45.6 Å². The zero-order chi connectivity index (χ0) is 18.7. The maximum atomic E-state index is 12.5. The highest BCUT2D eigenvalue weighted by Gasteiger charge is 2.38. The summed E-state index contributed by atoms with van der Waals surface area (Å²) in [5.74, 6) is -0.692. The largest absolute Gasteiger partial charge is 0.348 e. The SMILES string of the molecule is Cc1ccc(C)c(NC(=O)N[C@H]2COC(C)(C)O[C@@H]2c2ccccc2)c1. The van der Waals surface area contributed by atoms with Crippen molar-refractivity contribution in [3.05, 3.63) is 65.2 Å². The molecule has 3 rings (SSSR count). The predicted octanol–water partition coefficient (Wildman–Crippen LogP) is 4.32. The van der Waals surface area contributed by atoms with Crippen LogP contribution in [0.25, 0.3) is 0 Å². The lowest BCUT2D eigenvalue weighted by molar-refractivity contribution is -0.284. The van der Waals surface area contributed by atoms with E-state index in [9.17, 15) is 4.79 Å². The van der Waals surface area contributed by atoms with Gasteiger partial charge in [-0.25, -0.2) is 4.79 Å². The van der Waals surface area contributed by atoms with Crippen LogP contribution in [0.3, 0.4) is 0 Å². The summed E-state index contributed by atoms with van der Waals surface area (Å²) in [5, 5.41) is 5.93. The number of urea groups is 1. The van der Waals surface area contributed by atoms with Crippen molar-refractivity contribution < 1.29 is 14.3 Å². The van der Waals surface area contributed by atoms with Gasteiger partial charge >= 0.3 is 6.03 Å². The maximum absolute atomic E-state index is 12.5. The van der Waals surface area contributed by atoms with E-state index >= 15 is 0 Å². The molecule has 0 spiro atoms. The van der Waals surface area contributed by atoms with Crippen molar-refractivity contribution in [2.24, 2.45) is 0 Å². The van der Waals surface area contributed by atoms with Gasteiger partial charge in [0.1, 0.15) is 6.10 Å². The van der Waals surface area contributed by atoms with Gasteiger partial charge in [-0.15, -0.1) is 0 Å². The molecule has 2 N–H and O–H groups in total. The second kappa shape index (κ2) is 7.48. The molecule has 0 saturated carbocycles. The molecule has 2 aromatic rings. The third kappa shape index (κ3) is 4.42. The fourth-order valence-corrected chi connectivity index (χ4v) is 3.06. The Morgan fingerprint density at radius 2 is 1.85 bits per heavy atom. The van der Waals surface area contributed by atoms with Gasteiger partial charge in [-0.05, 0) is 50.5 Å². The van der Waals surface area contributed by atoms with E-state index in [-0.39, 0.29) is 18.2 Å². The van der Waals surface area contributed by atoms with E-state index < -0.39 is 5.79 Å². The molecule has 1 heterocycles. The van der Waals surface area contributed by atoms with Gasteiger partial charge in [0.2, 0.25) is 0 Å². The highest BCUT2D eigenvalue weighted by molar-refractivity contribution is 5.90. The smallest absolute Gasteiger partial charge is 0.319 e. The molecule has 0 bridgehead atoms. The van der Waals surface area contributed by atoms with E-state index in [2.05, 4.69) is 10.6 Å². The summed E-state index contributed by atoms with van der Waals surface area (Å²) in [5.41, 5.74) is 3.93. The Morgan fingerprint density at radius 1 is 1.12 bits per heavy atom. The summed E-state index contributed by atoms with van der Waals surface area (Å²) in [7, 11) is 0. The summed E-state index contributed by atoms with van der Waals surface area (Å²) >= 11 is 0. The molecule has 1 aliphatic rings. The summed E-state index contributed by atoms with van der Waals surface area (Å²) in [6.45, 7) is 8.12. The molecule has 2 atom stereocenters. The summed E-state index contributed by atoms with van der Waals surface area (Å²) < 4.78 is 11.9. The second-order valence-electron chi connectivity index (χ2n) is 7.18. The highest BCUT2D eigenvalue weighted by atomic mass is 16.7. The van der Waals surface area contributed by atoms with Crippen LogP contribution in [0.15, 0.2) is 48.5 Å². The van der Waals surface area contributed by atoms with Crippen molar-refractivity contribution in [2.75, 3.05) is 11.9 Å². The molecule has 26 heavy (non-hydrogen) atoms. The molecule has 138 valence electrons. The average molecular weight is 354 g/mol. The quantitative estimate of drug-likeness (QED) is 0.863. The highest BCUT2D eigenvalue weighted by Crippen LogP contribution is 2.33. The number of amides is 2. The van der Waals surface area contributed by atoms with Gasteiger partial charge in [0, 0.05) is 5.69 Å². The van der Waals surface area contributed by atoms with Crippen LogP contribution in [0, 0.1) is 13.8 Å². The van der Waals surface area contributed by atoms with Crippen molar-refractivity contribution in [1.29, 1.82) is 0 Å². The first-order chi connectivity index (χ1) is 12.3. The summed E-state index contributed by atoms with van der Waals surface area (Å²) in [6.07, 6.45) is -0.274. The summed E-state index contributed by atoms with van der Waals surface area (Å²) in [6, 6.07) is 15.3. The third-order valence-electron chi connectivity index (χ3n) is 4.47. The number of hydrogen-bond donors (Lipinski definition) is 2. The van der Waals surface area contributed by atoms with E-state index in [4.69, 9.17) is 9.47 Å². The molecule has 2 amide bonds. The minimum absolute atomic E-state index is 0.267. The van der Waals surface area contributed by atoms with Crippen LogP contribution in [0.4, 0.5) is 10.5 Å². The van der Waals surface area contributed by atoms with Gasteiger partial charge in [0.05, 0.1) is 12.6 Å². The topological polar surface area (TPSA) is 59.6 Å². The van der Waals surface area contributed by atoms with Crippen molar-refractivity contribution in [1.82, 2.24) is 5.32 Å². The number of ether oxygens (including phenoxy) is 2. The van der Waals surface area contributed by atoms with Crippen LogP contribution < -0.4 is 10.6 Å². The molecular weight excluding hydrogens is 328 g/mol. The Kier molecular flexibility index (Phi) is 5.30. The van der Waals surface area contributed by atoms with Crippen LogP contribution >= 0.6 is 0 Å². The van der Waals surface area contributed by atoms with Gasteiger partial charge in [0.15, 0.2) is 5.79 Å². The zero-order valence-electron chi connectivity index (χ0n) is 15.7. The van der Waals surface area contributed by atoms with E-state index in [1.165, 1.54) is 0 Å². The van der Waals surface area contributed by atoms with E-state index in [1.54, 1.807) is 0 Å². The fourth-order valence-electron chi connectivity index (χ4n) is 3.06. The van der Waals surface area contributed by atoms with Crippen molar-refractivity contribution in [3.63, 3.8) is 0 Å². The second-order valence-corrected chi connectivity index (χ2v) is 7.18. The zero-order valence-corrected chi connectivity index (χ0v) is 15.7. The van der Waals surface area contributed by atoms with Gasteiger partial charge in [-0.2, -0.15) is 0 Å². The summed E-state index contributed by atoms with van der Waals surface area (Å²) in [4.78, 5) is 12.5. The Morgan fingerprint density at radius 3 is 2.58 bits per heavy atom. The third-order valence-corrected chi connectivity index (χ3v) is 4.47. The molecule has 5 nitrogen and oxygen atoms in total. The van der Waals surface area contributed by atoms with Gasteiger partial charge in [-0.1, -0.05) is 42.5 Å². The molecule has 0 unspecified atom stereocenters. The number of aryl methyl sites for hydroxylation is 2. The van der Waals surface area contributed by atoms with E-state index in [1.807, 2.05) is 76.2 Å². The molecule has 0 aromatic heterocycles. The lowest BCUT2D eigenvalue weighted by Crippen LogP contribution is -2.52. The van der Waals surface area contributed by atoms with Gasteiger partial charge < -0.3 is 20.1 Å². The molecule has 1 fully saturated rings. The van der Waals surface area contributed by atoms with Crippen LogP contribution in [-0.4, -0.2) is 24.5 Å². The van der Waals surface area contributed by atoms with Crippen molar-refractivity contribution >= 4 is 11.7 Å². The van der Waals surface area contributed by atoms with E-state index in [0.717, 1.165) is 22.4 Å². The minimum Gasteiger partial charge on any atom is -0.348 e. The number of rotatable bonds is 3. The molecule has 5 heteroatoms. The lowest BCUT2D eigenvalue weighted by Gasteiger charge is -2.41. The van der Waals surface area contributed by atoms with Gasteiger partial charge in [0.25, 0.3) is 0 Å². The number of carbonyl (C=O) groups excluding carboxylic acids is 1. The molecule has 1 saturated heterocycles. The fraction of sp³-hybridized carbons (Fsp3) is 0.381. The number of anilines is 1. The standard InChI is InChI=1S/C21H26N2O3/c1-14-10-11-15(2)17(12-14)22-20(24)23-18-13-25-21(3,4)26-19(18)16-8-6-5-7-9-16/h5-12,18-19H,13H2,1-4H3,(H2,22,23,24)/t18-,19+/m0/s1. The minimum atomic E-state index is -0.692. The first-order valence-electron chi connectivity index (χ1n) is 8.85. The first kappa shape index (κ1) is 18.4. The monoisotopic (exact) mass is 354 g/mol. The predicted molar refractivity (Wildman–Crippen MR) is 102 cm³/mol. The van der Waals surface area contributed by atoms with Crippen molar-refractivity contribution in [3.8, 4) is 0 Å². The number of benzene rings is 2. The molecule has 1 aliphatic heterocycles. The first-order valence-corrected chi connectivity index (χ1v) is 8.85. The van der Waals surface area contributed by atoms with Crippen LogP contribution in [0.5, 0.6) is 0 Å².